The lowest BCUT2D eigenvalue weighted by Gasteiger charge is -2.27. The van der Waals surface area contributed by atoms with Crippen LogP contribution in [-0.2, 0) is 14.5 Å². The van der Waals surface area contributed by atoms with E-state index in [0.29, 0.717) is 11.5 Å². The smallest absolute Gasteiger partial charge is 0.272 e. The third-order valence-electron chi connectivity index (χ3n) is 2.49. The molecule has 3 amide bonds. The molecule has 0 aromatic carbocycles. The highest BCUT2D eigenvalue weighted by molar-refractivity contribution is 6.05. The number of hydroxylamine groups is 4. The number of hydrogen-bond acceptors (Lipinski definition) is 4. The molecule has 0 spiro atoms. The maximum absolute atomic E-state index is 11.7. The second kappa shape index (κ2) is 3.55. The predicted molar refractivity (Wildman–Crippen MR) is 46.8 cm³/mol. The van der Waals surface area contributed by atoms with Gasteiger partial charge in [0.2, 0.25) is 0 Å². The monoisotopic (exact) mass is 202 g/mol. The highest BCUT2D eigenvalue weighted by Gasteiger charge is 2.55. The summed E-state index contributed by atoms with van der Waals surface area (Å²) in [5.41, 5.74) is -0.970. The van der Waals surface area contributed by atoms with E-state index < -0.39 is 17.5 Å². The van der Waals surface area contributed by atoms with Crippen molar-refractivity contribution in [1.82, 2.24) is 10.1 Å². The zero-order valence-electron chi connectivity index (χ0n) is 8.73. The molecule has 1 aliphatic rings. The standard InChI is InChI=1S/C8H14N2O4/c1-5-8(2)6(11)9(13-3)7(12)10(8)14-4/h5H2,1-4H3. The van der Waals surface area contributed by atoms with Gasteiger partial charge in [-0.1, -0.05) is 6.92 Å². The first kappa shape index (κ1) is 10.9. The van der Waals surface area contributed by atoms with E-state index in [4.69, 9.17) is 4.84 Å². The fraction of sp³-hybridized carbons (Fsp3) is 0.750. The molecular formula is C8H14N2O4. The van der Waals surface area contributed by atoms with E-state index in [1.165, 1.54) is 14.2 Å². The number of amides is 3. The van der Waals surface area contributed by atoms with E-state index >= 15 is 0 Å². The molecule has 0 N–H and O–H groups in total. The minimum absolute atomic E-state index is 0.408. The second-order valence-corrected chi connectivity index (χ2v) is 3.17. The van der Waals surface area contributed by atoms with Crippen LogP contribution in [-0.4, -0.2) is 41.8 Å². The maximum atomic E-state index is 11.7. The Morgan fingerprint density at radius 2 is 1.86 bits per heavy atom. The van der Waals surface area contributed by atoms with Crippen molar-refractivity contribution in [1.29, 1.82) is 0 Å². The number of urea groups is 1. The SMILES string of the molecule is CCC1(C)C(=O)N(OC)C(=O)N1OC. The van der Waals surface area contributed by atoms with Crippen LogP contribution in [0.15, 0.2) is 0 Å². The topological polar surface area (TPSA) is 59.1 Å². The zero-order valence-corrected chi connectivity index (χ0v) is 8.73. The van der Waals surface area contributed by atoms with Crippen molar-refractivity contribution in [3.63, 3.8) is 0 Å². The number of rotatable bonds is 3. The molecule has 14 heavy (non-hydrogen) atoms. The Hall–Kier alpha value is -1.14. The lowest BCUT2D eigenvalue weighted by Crippen LogP contribution is -2.45. The lowest BCUT2D eigenvalue weighted by atomic mass is 9.99. The number of carbonyl (C=O) groups excluding carboxylic acids is 2. The zero-order chi connectivity index (χ0) is 10.9. The molecule has 1 heterocycles. The summed E-state index contributed by atoms with van der Waals surface area (Å²) < 4.78 is 0. The Kier molecular flexibility index (Phi) is 2.77. The third-order valence-corrected chi connectivity index (χ3v) is 2.49. The van der Waals surface area contributed by atoms with Crippen molar-refractivity contribution in [2.45, 2.75) is 25.8 Å². The van der Waals surface area contributed by atoms with Gasteiger partial charge in [0.1, 0.15) is 0 Å². The van der Waals surface area contributed by atoms with E-state index in [1.807, 2.05) is 0 Å². The molecule has 1 atom stereocenters. The van der Waals surface area contributed by atoms with E-state index in [2.05, 4.69) is 4.84 Å². The summed E-state index contributed by atoms with van der Waals surface area (Å²) in [5.74, 6) is -0.408. The van der Waals surface area contributed by atoms with Crippen molar-refractivity contribution in [3.05, 3.63) is 0 Å². The molecule has 0 bridgehead atoms. The van der Waals surface area contributed by atoms with Crippen LogP contribution in [0.3, 0.4) is 0 Å². The first-order valence-corrected chi connectivity index (χ1v) is 4.29. The van der Waals surface area contributed by atoms with Crippen molar-refractivity contribution >= 4 is 11.9 Å². The minimum Gasteiger partial charge on any atom is -0.272 e. The fourth-order valence-electron chi connectivity index (χ4n) is 1.42. The normalized spacial score (nSPS) is 27.7. The van der Waals surface area contributed by atoms with E-state index in [-0.39, 0.29) is 0 Å². The first-order valence-electron chi connectivity index (χ1n) is 4.29. The molecular weight excluding hydrogens is 188 g/mol. The largest absolute Gasteiger partial charge is 0.376 e. The van der Waals surface area contributed by atoms with E-state index in [9.17, 15) is 9.59 Å². The summed E-state index contributed by atoms with van der Waals surface area (Å²) in [6, 6.07) is -0.593. The van der Waals surface area contributed by atoms with Crippen molar-refractivity contribution in [2.75, 3.05) is 14.2 Å². The summed E-state index contributed by atoms with van der Waals surface area (Å²) in [4.78, 5) is 32.8. The number of nitrogens with zero attached hydrogens (tertiary/aromatic N) is 2. The van der Waals surface area contributed by atoms with Crippen LogP contribution >= 0.6 is 0 Å². The van der Waals surface area contributed by atoms with Gasteiger partial charge in [-0.15, -0.1) is 5.06 Å². The van der Waals surface area contributed by atoms with Gasteiger partial charge in [0.15, 0.2) is 5.54 Å². The van der Waals surface area contributed by atoms with Crippen LogP contribution in [0.25, 0.3) is 0 Å². The average Bonchev–Trinajstić information content (AvgIpc) is 2.36. The van der Waals surface area contributed by atoms with Crippen LogP contribution in [0.5, 0.6) is 0 Å². The molecule has 6 nitrogen and oxygen atoms in total. The van der Waals surface area contributed by atoms with Crippen LogP contribution in [0.4, 0.5) is 4.79 Å². The molecule has 80 valence electrons. The molecule has 1 rings (SSSR count). The Bertz CT molecular complexity index is 268. The van der Waals surface area contributed by atoms with Crippen molar-refractivity contribution in [3.8, 4) is 0 Å². The molecule has 0 saturated carbocycles. The predicted octanol–water partition coefficient (Wildman–Crippen LogP) is 0.542. The van der Waals surface area contributed by atoms with E-state index in [0.717, 1.165) is 5.06 Å². The Labute approximate surface area is 82.3 Å². The Morgan fingerprint density at radius 1 is 1.29 bits per heavy atom. The molecule has 0 aliphatic carbocycles. The fourth-order valence-corrected chi connectivity index (χ4v) is 1.42. The number of imide groups is 1. The number of hydrogen-bond donors (Lipinski definition) is 0. The van der Waals surface area contributed by atoms with Gasteiger partial charge in [0.25, 0.3) is 5.91 Å². The molecule has 0 aromatic heterocycles. The molecule has 1 unspecified atom stereocenters. The van der Waals surface area contributed by atoms with Crippen LogP contribution in [0.1, 0.15) is 20.3 Å². The molecule has 1 saturated heterocycles. The van der Waals surface area contributed by atoms with Crippen LogP contribution in [0.2, 0.25) is 0 Å². The summed E-state index contributed by atoms with van der Waals surface area (Å²) in [5, 5.41) is 1.73. The van der Waals surface area contributed by atoms with Gasteiger partial charge in [-0.3, -0.25) is 14.5 Å². The second-order valence-electron chi connectivity index (χ2n) is 3.17. The molecule has 0 aromatic rings. The summed E-state index contributed by atoms with van der Waals surface area (Å²) in [6.45, 7) is 3.44. The van der Waals surface area contributed by atoms with Gasteiger partial charge in [-0.25, -0.2) is 4.79 Å². The minimum atomic E-state index is -0.970. The van der Waals surface area contributed by atoms with Crippen molar-refractivity contribution in [2.24, 2.45) is 0 Å². The van der Waals surface area contributed by atoms with Crippen LogP contribution in [0, 0.1) is 0 Å². The van der Waals surface area contributed by atoms with Gasteiger partial charge in [-0.05, 0) is 13.3 Å². The summed E-state index contributed by atoms with van der Waals surface area (Å²) in [7, 11) is 2.61. The van der Waals surface area contributed by atoms with Crippen molar-refractivity contribution < 1.29 is 19.3 Å². The molecule has 1 fully saturated rings. The summed E-state index contributed by atoms with van der Waals surface area (Å²) in [6.07, 6.45) is 0.464. The third kappa shape index (κ3) is 1.18. The van der Waals surface area contributed by atoms with Crippen LogP contribution < -0.4 is 0 Å². The highest BCUT2D eigenvalue weighted by atomic mass is 16.7. The average molecular weight is 202 g/mol. The molecule has 1 aliphatic heterocycles. The highest BCUT2D eigenvalue weighted by Crippen LogP contribution is 2.30. The van der Waals surface area contributed by atoms with Gasteiger partial charge in [0, 0.05) is 0 Å². The van der Waals surface area contributed by atoms with Gasteiger partial charge >= 0.3 is 6.03 Å². The van der Waals surface area contributed by atoms with Gasteiger partial charge in [-0.2, -0.15) is 5.06 Å². The van der Waals surface area contributed by atoms with E-state index in [1.54, 1.807) is 13.8 Å². The van der Waals surface area contributed by atoms with Gasteiger partial charge in [0.05, 0.1) is 14.2 Å². The first-order chi connectivity index (χ1) is 6.52. The summed E-state index contributed by atoms with van der Waals surface area (Å²) >= 11 is 0. The maximum Gasteiger partial charge on any atom is 0.376 e. The Balaban J connectivity index is 3.08. The Morgan fingerprint density at radius 3 is 2.14 bits per heavy atom. The lowest BCUT2D eigenvalue weighted by molar-refractivity contribution is -0.164. The molecule has 6 heteroatoms. The quantitative estimate of drug-likeness (QED) is 0.627. The molecule has 0 radical (unpaired) electrons. The number of carbonyl (C=O) groups is 2. The van der Waals surface area contributed by atoms with Gasteiger partial charge < -0.3 is 0 Å².